The molecule has 30 heavy (non-hydrogen) atoms. The molecule has 0 saturated carbocycles. The van der Waals surface area contributed by atoms with Crippen molar-refractivity contribution in [2.75, 3.05) is 11.5 Å². The molecule has 7 heteroatoms. The summed E-state index contributed by atoms with van der Waals surface area (Å²) in [4.78, 5) is 27.5. The fourth-order valence-corrected chi connectivity index (χ4v) is 3.82. The van der Waals surface area contributed by atoms with Crippen molar-refractivity contribution in [3.8, 4) is 11.5 Å². The molecule has 1 aliphatic heterocycles. The van der Waals surface area contributed by atoms with Crippen LogP contribution in [-0.4, -0.2) is 28.5 Å². The monoisotopic (exact) mass is 429 g/mol. The molecule has 1 unspecified atom stereocenters. The zero-order valence-corrected chi connectivity index (χ0v) is 18.0. The van der Waals surface area contributed by atoms with E-state index < -0.39 is 23.6 Å². The Morgan fingerprint density at radius 2 is 1.90 bits per heavy atom. The molecule has 0 saturated heterocycles. The zero-order chi connectivity index (χ0) is 22.2. The van der Waals surface area contributed by atoms with E-state index in [1.165, 1.54) is 11.0 Å². The van der Waals surface area contributed by atoms with Crippen LogP contribution in [0.15, 0.2) is 47.7 Å². The van der Waals surface area contributed by atoms with Gasteiger partial charge in [0.2, 0.25) is 0 Å². The lowest BCUT2D eigenvalue weighted by Gasteiger charge is -2.29. The fraction of sp³-hybridized carbons (Fsp3) is 0.304. The summed E-state index contributed by atoms with van der Waals surface area (Å²) < 4.78 is 5.48. The predicted molar refractivity (Wildman–Crippen MR) is 115 cm³/mol. The summed E-state index contributed by atoms with van der Waals surface area (Å²) in [6.45, 7) is 7.34. The van der Waals surface area contributed by atoms with Gasteiger partial charge < -0.3 is 14.9 Å². The van der Waals surface area contributed by atoms with Crippen LogP contribution in [0.3, 0.4) is 0 Å². The van der Waals surface area contributed by atoms with Crippen LogP contribution < -0.4 is 9.64 Å². The number of hydrogen-bond acceptors (Lipinski definition) is 5. The third-order valence-electron chi connectivity index (χ3n) is 5.02. The van der Waals surface area contributed by atoms with Crippen molar-refractivity contribution in [3.63, 3.8) is 0 Å². The predicted octanol–water partition coefficient (Wildman–Crippen LogP) is 4.88. The summed E-state index contributed by atoms with van der Waals surface area (Å²) in [6, 6.07) is 8.82. The number of ketones is 1. The smallest absolute Gasteiger partial charge is 0.294 e. The van der Waals surface area contributed by atoms with E-state index in [-0.39, 0.29) is 22.9 Å². The average molecular weight is 430 g/mol. The molecule has 0 aliphatic carbocycles. The summed E-state index contributed by atoms with van der Waals surface area (Å²) in [7, 11) is 0. The van der Waals surface area contributed by atoms with Crippen LogP contribution in [0.5, 0.6) is 11.5 Å². The van der Waals surface area contributed by atoms with Crippen LogP contribution in [0, 0.1) is 12.8 Å². The second-order valence-corrected chi connectivity index (χ2v) is 7.89. The highest BCUT2D eigenvalue weighted by Crippen LogP contribution is 2.44. The Kier molecular flexibility index (Phi) is 6.08. The van der Waals surface area contributed by atoms with Crippen LogP contribution in [0.4, 0.5) is 5.69 Å². The molecule has 0 fully saturated rings. The van der Waals surface area contributed by atoms with Crippen molar-refractivity contribution >= 4 is 29.0 Å². The molecule has 1 atom stereocenters. The van der Waals surface area contributed by atoms with Crippen molar-refractivity contribution in [1.82, 2.24) is 0 Å². The molecule has 0 spiro atoms. The van der Waals surface area contributed by atoms with Gasteiger partial charge in [-0.3, -0.25) is 14.5 Å². The minimum absolute atomic E-state index is 0.0255. The second-order valence-electron chi connectivity index (χ2n) is 7.45. The number of aliphatic hydroxyl groups is 1. The van der Waals surface area contributed by atoms with Crippen molar-refractivity contribution in [2.24, 2.45) is 5.92 Å². The number of halogens is 1. The summed E-state index contributed by atoms with van der Waals surface area (Å²) in [6.07, 6.45) is 0. The highest BCUT2D eigenvalue weighted by atomic mass is 35.5. The largest absolute Gasteiger partial charge is 0.504 e. The number of aryl methyl sites for hydroxylation is 1. The molecule has 0 aromatic heterocycles. The number of carbonyl (C=O) groups is 2. The number of Topliss-reactive ketones (excluding diaryl/α,β-unsaturated/α-hetero) is 1. The third-order valence-corrected chi connectivity index (χ3v) is 5.25. The van der Waals surface area contributed by atoms with Gasteiger partial charge in [0.15, 0.2) is 23.0 Å². The normalized spacial score (nSPS) is 16.5. The van der Waals surface area contributed by atoms with Crippen LogP contribution >= 0.6 is 11.6 Å². The number of aliphatic hydroxyl groups excluding tert-OH is 1. The number of nitrogens with zero attached hydrogens (tertiary/aromatic N) is 1. The van der Waals surface area contributed by atoms with Crippen molar-refractivity contribution in [3.05, 3.63) is 63.9 Å². The van der Waals surface area contributed by atoms with E-state index in [4.69, 9.17) is 16.3 Å². The Morgan fingerprint density at radius 3 is 2.50 bits per heavy atom. The standard InChI is InChI=1S/C23H24ClNO5/c1-5-30-18-11-14(6-9-17(18)26)20-19(21(27)12(2)3)22(28)23(29)25(20)16-8-7-15(24)10-13(16)4/h6-12,20,26,28H,5H2,1-4H3. The van der Waals surface area contributed by atoms with Crippen LogP contribution in [0.25, 0.3) is 0 Å². The summed E-state index contributed by atoms with van der Waals surface area (Å²) in [5, 5.41) is 21.3. The van der Waals surface area contributed by atoms with Crippen LogP contribution in [0.2, 0.25) is 5.02 Å². The SMILES string of the molecule is CCOc1cc(C2C(C(=O)C(C)C)=C(O)C(=O)N2c2ccc(Cl)cc2C)ccc1O. The first kappa shape index (κ1) is 21.7. The Bertz CT molecular complexity index is 1040. The summed E-state index contributed by atoms with van der Waals surface area (Å²) >= 11 is 6.07. The number of carbonyl (C=O) groups excluding carboxylic acids is 2. The fourth-order valence-electron chi connectivity index (χ4n) is 3.59. The molecule has 2 aromatic carbocycles. The molecule has 158 valence electrons. The molecule has 0 radical (unpaired) electrons. The molecule has 2 aromatic rings. The number of anilines is 1. The first-order valence-electron chi connectivity index (χ1n) is 9.70. The average Bonchev–Trinajstić information content (AvgIpc) is 2.94. The van der Waals surface area contributed by atoms with E-state index in [0.717, 1.165) is 5.56 Å². The van der Waals surface area contributed by atoms with Gasteiger partial charge in [0, 0.05) is 16.6 Å². The number of benzene rings is 2. The van der Waals surface area contributed by atoms with Gasteiger partial charge in [0.1, 0.15) is 0 Å². The first-order valence-corrected chi connectivity index (χ1v) is 10.1. The van der Waals surface area contributed by atoms with Gasteiger partial charge in [0.05, 0.1) is 18.2 Å². The first-order chi connectivity index (χ1) is 14.2. The van der Waals surface area contributed by atoms with Crippen LogP contribution in [-0.2, 0) is 9.59 Å². The molecule has 1 heterocycles. The highest BCUT2D eigenvalue weighted by Gasteiger charge is 2.45. The number of rotatable bonds is 6. The molecule has 6 nitrogen and oxygen atoms in total. The quantitative estimate of drug-likeness (QED) is 0.683. The lowest BCUT2D eigenvalue weighted by atomic mass is 9.91. The van der Waals surface area contributed by atoms with Gasteiger partial charge in [0.25, 0.3) is 5.91 Å². The minimum Gasteiger partial charge on any atom is -0.504 e. The van der Waals surface area contributed by atoms with E-state index in [1.807, 2.05) is 0 Å². The van der Waals surface area contributed by atoms with E-state index in [2.05, 4.69) is 0 Å². The number of phenolic OH excluding ortho intramolecular Hbond substituents is 1. The van der Waals surface area contributed by atoms with Gasteiger partial charge in [-0.1, -0.05) is 31.5 Å². The molecule has 1 amide bonds. The lowest BCUT2D eigenvalue weighted by molar-refractivity contribution is -0.119. The Labute approximate surface area is 180 Å². The summed E-state index contributed by atoms with van der Waals surface area (Å²) in [5.41, 5.74) is 1.80. The number of hydrogen-bond donors (Lipinski definition) is 2. The van der Waals surface area contributed by atoms with Gasteiger partial charge in [-0.2, -0.15) is 0 Å². The number of aromatic hydroxyl groups is 1. The maximum atomic E-state index is 13.1. The highest BCUT2D eigenvalue weighted by molar-refractivity contribution is 6.30. The minimum atomic E-state index is -0.868. The van der Waals surface area contributed by atoms with Gasteiger partial charge in [-0.25, -0.2) is 0 Å². The zero-order valence-electron chi connectivity index (χ0n) is 17.3. The maximum Gasteiger partial charge on any atom is 0.294 e. The van der Waals surface area contributed by atoms with Crippen molar-refractivity contribution < 1.29 is 24.5 Å². The molecule has 0 bridgehead atoms. The van der Waals surface area contributed by atoms with E-state index in [0.29, 0.717) is 22.9 Å². The van der Waals surface area contributed by atoms with Gasteiger partial charge in [-0.15, -0.1) is 0 Å². The van der Waals surface area contributed by atoms with E-state index in [9.17, 15) is 19.8 Å². The second kappa shape index (κ2) is 8.40. The number of phenols is 1. The van der Waals surface area contributed by atoms with Crippen molar-refractivity contribution in [2.45, 2.75) is 33.7 Å². The summed E-state index contributed by atoms with van der Waals surface area (Å²) in [5.74, 6) is -1.81. The molecule has 1 aliphatic rings. The Hall–Kier alpha value is -2.99. The van der Waals surface area contributed by atoms with Crippen LogP contribution in [0.1, 0.15) is 37.9 Å². The molecule has 3 rings (SSSR count). The van der Waals surface area contributed by atoms with Gasteiger partial charge >= 0.3 is 0 Å². The third kappa shape index (κ3) is 3.75. The van der Waals surface area contributed by atoms with E-state index >= 15 is 0 Å². The lowest BCUT2D eigenvalue weighted by Crippen LogP contribution is -2.32. The number of amides is 1. The molecular formula is C23H24ClNO5. The molecule has 2 N–H and O–H groups in total. The topological polar surface area (TPSA) is 87.1 Å². The van der Waals surface area contributed by atoms with Gasteiger partial charge in [-0.05, 0) is 55.3 Å². The number of ether oxygens (including phenoxy) is 1. The van der Waals surface area contributed by atoms with Crippen molar-refractivity contribution in [1.29, 1.82) is 0 Å². The molecular weight excluding hydrogens is 406 g/mol. The Morgan fingerprint density at radius 1 is 1.20 bits per heavy atom. The maximum absolute atomic E-state index is 13.1. The Balaban J connectivity index is 2.24. The van der Waals surface area contributed by atoms with E-state index in [1.54, 1.807) is 58.0 Å².